The summed E-state index contributed by atoms with van der Waals surface area (Å²) in [4.78, 5) is 2.35. The fraction of sp³-hybridized carbons (Fsp3) is 0.800. The number of allylic oxidation sites excluding steroid dienone is 1. The summed E-state index contributed by atoms with van der Waals surface area (Å²) in [5.74, 6) is 0.734. The lowest BCUT2D eigenvalue weighted by Crippen LogP contribution is -2.26. The van der Waals surface area contributed by atoms with Gasteiger partial charge < -0.3 is 4.90 Å². The predicted molar refractivity (Wildman–Crippen MR) is 51.5 cm³/mol. The first kappa shape index (κ1) is 10.5. The summed E-state index contributed by atoms with van der Waals surface area (Å²) >= 11 is 0. The molecule has 0 rings (SSSR count). The van der Waals surface area contributed by atoms with E-state index in [0.717, 1.165) is 19.0 Å². The number of hydrogen-bond acceptors (Lipinski definition) is 1. The Bertz CT molecular complexity index is 116. The van der Waals surface area contributed by atoms with Crippen molar-refractivity contribution in [2.24, 2.45) is 5.92 Å². The molecule has 0 aliphatic rings. The second-order valence-corrected chi connectivity index (χ2v) is 3.58. The van der Waals surface area contributed by atoms with Gasteiger partial charge in [0.05, 0.1) is 0 Å². The van der Waals surface area contributed by atoms with E-state index in [1.807, 2.05) is 0 Å². The third-order valence-electron chi connectivity index (χ3n) is 1.62. The highest BCUT2D eigenvalue weighted by atomic mass is 15.1. The summed E-state index contributed by atoms with van der Waals surface area (Å²) < 4.78 is 0. The SMILES string of the molecule is C=C(C)N(CCC)CC(C)C. The lowest BCUT2D eigenvalue weighted by Gasteiger charge is -2.25. The largest absolute Gasteiger partial charge is 0.375 e. The molecule has 0 atom stereocenters. The van der Waals surface area contributed by atoms with Gasteiger partial charge in [0.2, 0.25) is 0 Å². The van der Waals surface area contributed by atoms with Gasteiger partial charge in [-0.3, -0.25) is 0 Å². The smallest absolute Gasteiger partial charge is 0.0197 e. The van der Waals surface area contributed by atoms with Gasteiger partial charge in [-0.2, -0.15) is 0 Å². The molecule has 0 aromatic carbocycles. The quantitative estimate of drug-likeness (QED) is 0.590. The van der Waals surface area contributed by atoms with Crippen LogP contribution in [0.4, 0.5) is 0 Å². The van der Waals surface area contributed by atoms with Crippen LogP contribution in [-0.2, 0) is 0 Å². The van der Waals surface area contributed by atoms with E-state index >= 15 is 0 Å². The van der Waals surface area contributed by atoms with E-state index in [2.05, 4.69) is 39.2 Å². The van der Waals surface area contributed by atoms with Crippen LogP contribution in [0.25, 0.3) is 0 Å². The number of nitrogens with zero attached hydrogens (tertiary/aromatic N) is 1. The van der Waals surface area contributed by atoms with Gasteiger partial charge in [0, 0.05) is 18.8 Å². The summed E-state index contributed by atoms with van der Waals surface area (Å²) in [5.41, 5.74) is 1.19. The molecule has 0 unspecified atom stereocenters. The van der Waals surface area contributed by atoms with Crippen molar-refractivity contribution in [3.8, 4) is 0 Å². The van der Waals surface area contributed by atoms with Gasteiger partial charge in [0.25, 0.3) is 0 Å². The molecule has 11 heavy (non-hydrogen) atoms. The fourth-order valence-electron chi connectivity index (χ4n) is 1.15. The molecule has 0 heterocycles. The molecule has 0 N–H and O–H groups in total. The lowest BCUT2D eigenvalue weighted by atomic mass is 10.2. The van der Waals surface area contributed by atoms with Gasteiger partial charge in [-0.1, -0.05) is 27.4 Å². The van der Waals surface area contributed by atoms with Crippen LogP contribution >= 0.6 is 0 Å². The third-order valence-corrected chi connectivity index (χ3v) is 1.62. The van der Waals surface area contributed by atoms with E-state index in [1.165, 1.54) is 12.1 Å². The van der Waals surface area contributed by atoms with Crippen molar-refractivity contribution in [1.82, 2.24) is 4.90 Å². The summed E-state index contributed by atoms with van der Waals surface area (Å²) in [6, 6.07) is 0. The minimum Gasteiger partial charge on any atom is -0.375 e. The molecule has 1 nitrogen and oxygen atoms in total. The van der Waals surface area contributed by atoms with E-state index in [1.54, 1.807) is 0 Å². The molecular formula is C10H21N. The van der Waals surface area contributed by atoms with E-state index in [9.17, 15) is 0 Å². The third kappa shape index (κ3) is 4.88. The van der Waals surface area contributed by atoms with Crippen LogP contribution in [0.3, 0.4) is 0 Å². The van der Waals surface area contributed by atoms with E-state index in [0.29, 0.717) is 0 Å². The molecule has 0 aliphatic carbocycles. The van der Waals surface area contributed by atoms with Crippen LogP contribution in [-0.4, -0.2) is 18.0 Å². The molecule has 0 aliphatic heterocycles. The van der Waals surface area contributed by atoms with Crippen LogP contribution in [0.5, 0.6) is 0 Å². The lowest BCUT2D eigenvalue weighted by molar-refractivity contribution is 0.306. The summed E-state index contributed by atoms with van der Waals surface area (Å²) in [6.07, 6.45) is 1.21. The second-order valence-electron chi connectivity index (χ2n) is 3.58. The predicted octanol–water partition coefficient (Wildman–Crippen LogP) is 2.89. The molecule has 0 saturated heterocycles. The molecule has 0 radical (unpaired) electrons. The maximum atomic E-state index is 3.95. The van der Waals surface area contributed by atoms with Crippen molar-refractivity contribution < 1.29 is 0 Å². The second kappa shape index (κ2) is 5.22. The van der Waals surface area contributed by atoms with Crippen molar-refractivity contribution in [3.63, 3.8) is 0 Å². The molecular weight excluding hydrogens is 134 g/mol. The zero-order valence-electron chi connectivity index (χ0n) is 8.35. The molecule has 0 aromatic heterocycles. The summed E-state index contributed by atoms with van der Waals surface area (Å²) in [5, 5.41) is 0. The Morgan fingerprint density at radius 3 is 2.27 bits per heavy atom. The summed E-state index contributed by atoms with van der Waals surface area (Å²) in [6.45, 7) is 15.0. The standard InChI is InChI=1S/C10H21N/c1-6-7-11(10(4)5)8-9(2)3/h9H,4,6-8H2,1-3,5H3. The van der Waals surface area contributed by atoms with Crippen molar-refractivity contribution in [2.45, 2.75) is 34.1 Å². The Morgan fingerprint density at radius 1 is 1.45 bits per heavy atom. The fourth-order valence-corrected chi connectivity index (χ4v) is 1.15. The molecule has 0 aromatic rings. The Hall–Kier alpha value is -0.460. The van der Waals surface area contributed by atoms with Crippen molar-refractivity contribution >= 4 is 0 Å². The molecule has 0 amide bonds. The first-order valence-electron chi connectivity index (χ1n) is 4.48. The normalized spacial score (nSPS) is 10.3. The number of rotatable bonds is 5. The Balaban J connectivity index is 3.79. The summed E-state index contributed by atoms with van der Waals surface area (Å²) in [7, 11) is 0. The van der Waals surface area contributed by atoms with E-state index in [-0.39, 0.29) is 0 Å². The van der Waals surface area contributed by atoms with Crippen LogP contribution in [0, 0.1) is 5.92 Å². The molecule has 0 spiro atoms. The minimum atomic E-state index is 0.734. The van der Waals surface area contributed by atoms with Crippen molar-refractivity contribution in [3.05, 3.63) is 12.3 Å². The van der Waals surface area contributed by atoms with Crippen molar-refractivity contribution in [1.29, 1.82) is 0 Å². The molecule has 66 valence electrons. The average molecular weight is 155 g/mol. The maximum absolute atomic E-state index is 3.95. The first-order valence-corrected chi connectivity index (χ1v) is 4.48. The average Bonchev–Trinajstić information content (AvgIpc) is 1.86. The maximum Gasteiger partial charge on any atom is 0.0197 e. The Labute approximate surface area is 71.1 Å². The molecule has 0 bridgehead atoms. The van der Waals surface area contributed by atoms with Gasteiger partial charge in [-0.25, -0.2) is 0 Å². The van der Waals surface area contributed by atoms with E-state index in [4.69, 9.17) is 0 Å². The highest BCUT2D eigenvalue weighted by Gasteiger charge is 2.03. The van der Waals surface area contributed by atoms with Crippen molar-refractivity contribution in [2.75, 3.05) is 13.1 Å². The van der Waals surface area contributed by atoms with Gasteiger partial charge >= 0.3 is 0 Å². The topological polar surface area (TPSA) is 3.24 Å². The Kier molecular flexibility index (Phi) is 5.01. The molecule has 1 heteroatoms. The number of hydrogen-bond donors (Lipinski definition) is 0. The van der Waals surface area contributed by atoms with Crippen LogP contribution in [0.15, 0.2) is 12.3 Å². The van der Waals surface area contributed by atoms with Gasteiger partial charge in [0.1, 0.15) is 0 Å². The van der Waals surface area contributed by atoms with Crippen LogP contribution in [0.2, 0.25) is 0 Å². The highest BCUT2D eigenvalue weighted by molar-refractivity contribution is 4.88. The van der Waals surface area contributed by atoms with Gasteiger partial charge in [0.15, 0.2) is 0 Å². The van der Waals surface area contributed by atoms with Crippen LogP contribution in [0.1, 0.15) is 34.1 Å². The monoisotopic (exact) mass is 155 g/mol. The Morgan fingerprint density at radius 2 is 2.00 bits per heavy atom. The minimum absolute atomic E-state index is 0.734. The molecule has 0 fully saturated rings. The molecule has 0 saturated carbocycles. The van der Waals surface area contributed by atoms with E-state index < -0.39 is 0 Å². The zero-order valence-corrected chi connectivity index (χ0v) is 8.35. The van der Waals surface area contributed by atoms with Crippen LogP contribution < -0.4 is 0 Å². The highest BCUT2D eigenvalue weighted by Crippen LogP contribution is 2.05. The van der Waals surface area contributed by atoms with Gasteiger partial charge in [-0.05, 0) is 19.3 Å². The first-order chi connectivity index (χ1) is 5.07. The zero-order chi connectivity index (χ0) is 8.85. The van der Waals surface area contributed by atoms with Gasteiger partial charge in [-0.15, -0.1) is 0 Å².